The van der Waals surface area contributed by atoms with Gasteiger partial charge in [-0.15, -0.1) is 0 Å². The molecule has 4 nitrogen and oxygen atoms in total. The molecule has 0 amide bonds. The highest BCUT2D eigenvalue weighted by Gasteiger charge is 2.30. The number of aromatic carboxylic acids is 1. The van der Waals surface area contributed by atoms with Crippen molar-refractivity contribution in [1.29, 1.82) is 0 Å². The number of hydrogen-bond donors (Lipinski definition) is 1. The molecule has 0 saturated carbocycles. The number of fused-ring (bicyclic) bond motifs is 1. The van der Waals surface area contributed by atoms with Gasteiger partial charge in [-0.25, -0.2) is 22.4 Å². The quantitative estimate of drug-likeness (QED) is 0.882. The van der Waals surface area contributed by atoms with Crippen LogP contribution in [0.4, 0.5) is 17.6 Å². The summed E-state index contributed by atoms with van der Waals surface area (Å²) in [4.78, 5) is 23.1. The molecule has 2 aromatic rings. The Hall–Kier alpha value is -2.38. The molecule has 118 valence electrons. The van der Waals surface area contributed by atoms with Crippen molar-refractivity contribution in [3.63, 3.8) is 0 Å². The van der Waals surface area contributed by atoms with Crippen molar-refractivity contribution >= 4 is 16.9 Å². The molecular formula is C14H11F4NO3. The number of halogens is 4. The molecule has 0 aliphatic heterocycles. The van der Waals surface area contributed by atoms with Crippen molar-refractivity contribution in [3.8, 4) is 0 Å². The summed E-state index contributed by atoms with van der Waals surface area (Å²) in [7, 11) is 0. The Bertz CT molecular complexity index is 812. The summed E-state index contributed by atoms with van der Waals surface area (Å²) in [6.07, 6.45) is 0.740. The lowest BCUT2D eigenvalue weighted by Gasteiger charge is -2.28. The molecule has 0 aliphatic carbocycles. The molecule has 0 bridgehead atoms. The van der Waals surface area contributed by atoms with Crippen LogP contribution in [0.1, 0.15) is 17.3 Å². The number of rotatable bonds is 4. The molecule has 0 atom stereocenters. The van der Waals surface area contributed by atoms with E-state index in [-0.39, 0.29) is 5.52 Å². The van der Waals surface area contributed by atoms with Crippen molar-refractivity contribution in [2.75, 3.05) is 13.3 Å². The summed E-state index contributed by atoms with van der Waals surface area (Å²) in [6.45, 7) is -1.34. The lowest BCUT2D eigenvalue weighted by Crippen LogP contribution is -2.37. The predicted octanol–water partition coefficient (Wildman–Crippen LogP) is 2.63. The molecule has 1 aromatic carbocycles. The Balaban J connectivity index is 3.02. The van der Waals surface area contributed by atoms with Crippen molar-refractivity contribution in [2.45, 2.75) is 12.5 Å². The normalized spacial score (nSPS) is 11.9. The molecule has 8 heteroatoms. The van der Waals surface area contributed by atoms with E-state index in [1.165, 1.54) is 0 Å². The van der Waals surface area contributed by atoms with Gasteiger partial charge >= 0.3 is 5.97 Å². The average Bonchev–Trinajstić information content (AvgIpc) is 2.48. The highest BCUT2D eigenvalue weighted by atomic mass is 19.2. The third-order valence-corrected chi connectivity index (χ3v) is 3.43. The van der Waals surface area contributed by atoms with E-state index in [0.29, 0.717) is 12.1 Å². The SMILES string of the molecule is CC(CF)(CF)n1cc(C(=O)O)c(=O)c2cc(F)c(F)cc21. The third kappa shape index (κ3) is 2.34. The van der Waals surface area contributed by atoms with Crippen molar-refractivity contribution in [2.24, 2.45) is 0 Å². The highest BCUT2D eigenvalue weighted by molar-refractivity contribution is 5.92. The van der Waals surface area contributed by atoms with Gasteiger partial charge in [0, 0.05) is 17.6 Å². The minimum Gasteiger partial charge on any atom is -0.477 e. The lowest BCUT2D eigenvalue weighted by atomic mass is 10.0. The fourth-order valence-corrected chi connectivity index (χ4v) is 2.08. The Morgan fingerprint density at radius 2 is 1.77 bits per heavy atom. The third-order valence-electron chi connectivity index (χ3n) is 3.43. The topological polar surface area (TPSA) is 59.3 Å². The number of alkyl halides is 2. The van der Waals surface area contributed by atoms with Gasteiger partial charge in [-0.1, -0.05) is 0 Å². The number of aromatic nitrogens is 1. The minimum atomic E-state index is -1.85. The van der Waals surface area contributed by atoms with Crippen LogP contribution in [0.15, 0.2) is 23.1 Å². The van der Waals surface area contributed by atoms with E-state index in [1.54, 1.807) is 0 Å². The van der Waals surface area contributed by atoms with Crippen LogP contribution in [0.2, 0.25) is 0 Å². The van der Waals surface area contributed by atoms with Gasteiger partial charge in [-0.3, -0.25) is 4.79 Å². The van der Waals surface area contributed by atoms with Crippen LogP contribution in [0.5, 0.6) is 0 Å². The lowest BCUT2D eigenvalue weighted by molar-refractivity contribution is 0.0693. The summed E-state index contributed by atoms with van der Waals surface area (Å²) in [5.41, 5.74) is -3.98. The zero-order valence-electron chi connectivity index (χ0n) is 11.4. The maximum atomic E-state index is 13.4. The van der Waals surface area contributed by atoms with Crippen LogP contribution >= 0.6 is 0 Å². The Morgan fingerprint density at radius 1 is 1.23 bits per heavy atom. The first-order valence-corrected chi connectivity index (χ1v) is 6.15. The van der Waals surface area contributed by atoms with E-state index in [1.807, 2.05) is 0 Å². The number of nitrogens with zero attached hydrogens (tertiary/aromatic N) is 1. The van der Waals surface area contributed by atoms with Crippen LogP contribution in [-0.4, -0.2) is 29.0 Å². The maximum Gasteiger partial charge on any atom is 0.341 e. The average molecular weight is 317 g/mol. The van der Waals surface area contributed by atoms with Gasteiger partial charge < -0.3 is 9.67 Å². The number of benzene rings is 1. The van der Waals surface area contributed by atoms with Gasteiger partial charge in [0.25, 0.3) is 0 Å². The Kier molecular flexibility index (Phi) is 3.95. The maximum absolute atomic E-state index is 13.4. The first kappa shape index (κ1) is 16.0. The summed E-state index contributed by atoms with van der Waals surface area (Å²) in [5, 5.41) is 8.55. The van der Waals surface area contributed by atoms with Gasteiger partial charge in [0.05, 0.1) is 11.1 Å². The molecule has 2 rings (SSSR count). The van der Waals surface area contributed by atoms with Crippen LogP contribution < -0.4 is 5.43 Å². The van der Waals surface area contributed by atoms with E-state index in [0.717, 1.165) is 17.7 Å². The van der Waals surface area contributed by atoms with Crippen molar-refractivity contribution in [3.05, 3.63) is 45.8 Å². The predicted molar refractivity (Wildman–Crippen MR) is 70.7 cm³/mol. The molecule has 0 saturated heterocycles. The molecule has 1 heterocycles. The van der Waals surface area contributed by atoms with Gasteiger partial charge in [-0.05, 0) is 13.0 Å². The smallest absolute Gasteiger partial charge is 0.341 e. The minimum absolute atomic E-state index is 0.285. The molecule has 0 aliphatic rings. The van der Waals surface area contributed by atoms with E-state index in [2.05, 4.69) is 0 Å². The zero-order valence-corrected chi connectivity index (χ0v) is 11.4. The zero-order chi connectivity index (χ0) is 16.7. The van der Waals surface area contributed by atoms with E-state index < -0.39 is 52.9 Å². The van der Waals surface area contributed by atoms with Crippen LogP contribution in [0, 0.1) is 11.6 Å². The van der Waals surface area contributed by atoms with Crippen LogP contribution in [0.3, 0.4) is 0 Å². The van der Waals surface area contributed by atoms with E-state index >= 15 is 0 Å². The molecular weight excluding hydrogens is 306 g/mol. The molecule has 0 unspecified atom stereocenters. The van der Waals surface area contributed by atoms with E-state index in [4.69, 9.17) is 5.11 Å². The molecule has 22 heavy (non-hydrogen) atoms. The second-order valence-electron chi connectivity index (χ2n) is 5.09. The summed E-state index contributed by atoms with van der Waals surface area (Å²) in [6, 6.07) is 1.13. The largest absolute Gasteiger partial charge is 0.477 e. The standard InChI is InChI=1S/C14H11F4NO3/c1-14(5-15,6-16)19-4-8(13(21)22)12(20)7-2-9(17)10(18)3-11(7)19/h2-4H,5-6H2,1H3,(H,21,22). The Labute approximate surface area is 121 Å². The van der Waals surface area contributed by atoms with Gasteiger partial charge in [-0.2, -0.15) is 0 Å². The fraction of sp³-hybridized carbons (Fsp3) is 0.286. The van der Waals surface area contributed by atoms with Crippen LogP contribution in [0.25, 0.3) is 10.9 Å². The molecule has 0 fully saturated rings. The molecule has 1 aromatic heterocycles. The van der Waals surface area contributed by atoms with Crippen molar-refractivity contribution < 1.29 is 27.5 Å². The Morgan fingerprint density at radius 3 is 2.27 bits per heavy atom. The number of carbonyl (C=O) groups is 1. The summed E-state index contributed by atoms with van der Waals surface area (Å²) in [5.74, 6) is -4.31. The first-order chi connectivity index (χ1) is 10.2. The number of carboxylic acid groups (broad SMARTS) is 1. The second kappa shape index (κ2) is 5.43. The fourth-order valence-electron chi connectivity index (χ4n) is 2.08. The summed E-state index contributed by atoms with van der Waals surface area (Å²) < 4.78 is 54.0. The van der Waals surface area contributed by atoms with Gasteiger partial charge in [0.2, 0.25) is 5.43 Å². The monoisotopic (exact) mass is 317 g/mol. The van der Waals surface area contributed by atoms with E-state index in [9.17, 15) is 27.2 Å². The first-order valence-electron chi connectivity index (χ1n) is 6.15. The molecule has 0 spiro atoms. The van der Waals surface area contributed by atoms with Crippen LogP contribution in [-0.2, 0) is 5.54 Å². The van der Waals surface area contributed by atoms with Crippen molar-refractivity contribution in [1.82, 2.24) is 4.57 Å². The number of pyridine rings is 1. The van der Waals surface area contributed by atoms with Gasteiger partial charge in [0.1, 0.15) is 18.9 Å². The summed E-state index contributed by atoms with van der Waals surface area (Å²) >= 11 is 0. The molecule has 1 N–H and O–H groups in total. The molecule has 0 radical (unpaired) electrons. The van der Waals surface area contributed by atoms with Gasteiger partial charge in [0.15, 0.2) is 11.6 Å². The second-order valence-corrected chi connectivity index (χ2v) is 5.09. The highest BCUT2D eigenvalue weighted by Crippen LogP contribution is 2.25. The number of carboxylic acids is 1. The number of hydrogen-bond acceptors (Lipinski definition) is 2.